The number of ether oxygens (including phenoxy) is 8. The lowest BCUT2D eigenvalue weighted by Crippen LogP contribution is -2.16. The minimum atomic E-state index is -2.58. The van der Waals surface area contributed by atoms with Gasteiger partial charge in [0.05, 0.1) is 92.5 Å². The van der Waals surface area contributed by atoms with Crippen molar-refractivity contribution in [1.29, 1.82) is 0 Å². The summed E-state index contributed by atoms with van der Waals surface area (Å²) in [6.45, 7) is 7.87. The van der Waals surface area contributed by atoms with Crippen LogP contribution in [0.4, 0.5) is 0 Å². The van der Waals surface area contributed by atoms with E-state index < -0.39 is 6.00 Å². The SMILES string of the molecule is COCCOCCOCCOCCOCCOCCOCCOCC[Si](Cl)(Cl)Cl. The fourth-order valence-corrected chi connectivity index (χ4v) is 2.82. The summed E-state index contributed by atoms with van der Waals surface area (Å²) in [7, 11) is 1.64. The first kappa shape index (κ1) is 29.8. The fourth-order valence-electron chi connectivity index (χ4n) is 1.75. The number of rotatable bonds is 24. The molecule has 0 fully saturated rings. The number of hydrogen-bond donors (Lipinski definition) is 0. The van der Waals surface area contributed by atoms with Gasteiger partial charge in [-0.1, -0.05) is 0 Å². The second-order valence-corrected chi connectivity index (χ2v) is 14.9. The molecule has 12 heteroatoms. The van der Waals surface area contributed by atoms with Gasteiger partial charge >= 0.3 is 6.00 Å². The van der Waals surface area contributed by atoms with Crippen molar-refractivity contribution in [3.8, 4) is 0 Å². The highest BCUT2D eigenvalue weighted by Crippen LogP contribution is 2.24. The van der Waals surface area contributed by atoms with Gasteiger partial charge in [-0.15, -0.1) is 33.2 Å². The van der Waals surface area contributed by atoms with Crippen molar-refractivity contribution in [2.24, 2.45) is 0 Å². The van der Waals surface area contributed by atoms with Crippen LogP contribution in [0.25, 0.3) is 0 Å². The zero-order valence-corrected chi connectivity index (χ0v) is 20.5. The van der Waals surface area contributed by atoms with E-state index in [4.69, 9.17) is 71.1 Å². The molecular formula is C17H35Cl3O8Si. The molecule has 0 aliphatic heterocycles. The van der Waals surface area contributed by atoms with Gasteiger partial charge in [-0.05, 0) is 0 Å². The van der Waals surface area contributed by atoms with Crippen LogP contribution in [-0.2, 0) is 37.9 Å². The van der Waals surface area contributed by atoms with Gasteiger partial charge in [-0.2, -0.15) is 0 Å². The van der Waals surface area contributed by atoms with E-state index in [1.165, 1.54) is 0 Å². The molecule has 0 saturated carbocycles. The zero-order chi connectivity index (χ0) is 21.5. The third-order valence-corrected chi connectivity index (χ3v) is 5.67. The van der Waals surface area contributed by atoms with E-state index in [2.05, 4.69) is 0 Å². The molecule has 8 nitrogen and oxygen atoms in total. The van der Waals surface area contributed by atoms with Crippen molar-refractivity contribution >= 4 is 39.2 Å². The molecule has 0 amide bonds. The summed E-state index contributed by atoms with van der Waals surface area (Å²) in [5, 5.41) is 0. The third kappa shape index (κ3) is 28.8. The highest BCUT2D eigenvalue weighted by atomic mass is 35.8. The Morgan fingerprint density at radius 2 is 0.655 bits per heavy atom. The molecule has 29 heavy (non-hydrogen) atoms. The molecule has 0 aromatic carbocycles. The summed E-state index contributed by atoms with van der Waals surface area (Å²) in [4.78, 5) is 0. The number of halogens is 3. The number of hydrogen-bond acceptors (Lipinski definition) is 8. The van der Waals surface area contributed by atoms with E-state index >= 15 is 0 Å². The molecule has 0 radical (unpaired) electrons. The highest BCUT2D eigenvalue weighted by molar-refractivity contribution is 7.64. The van der Waals surface area contributed by atoms with Crippen molar-refractivity contribution < 1.29 is 37.9 Å². The second kappa shape index (κ2) is 23.4. The van der Waals surface area contributed by atoms with Crippen molar-refractivity contribution in [1.82, 2.24) is 0 Å². The summed E-state index contributed by atoms with van der Waals surface area (Å²) < 4.78 is 42.4. The summed E-state index contributed by atoms with van der Waals surface area (Å²) >= 11 is 17.2. The largest absolute Gasteiger partial charge is 0.382 e. The van der Waals surface area contributed by atoms with E-state index in [0.717, 1.165) is 0 Å². The van der Waals surface area contributed by atoms with Crippen LogP contribution in [0.3, 0.4) is 0 Å². The van der Waals surface area contributed by atoms with Crippen molar-refractivity contribution in [3.63, 3.8) is 0 Å². The van der Waals surface area contributed by atoms with Crippen LogP contribution in [-0.4, -0.2) is 112 Å². The third-order valence-electron chi connectivity index (χ3n) is 3.19. The minimum absolute atomic E-state index is 0.445. The zero-order valence-electron chi connectivity index (χ0n) is 17.2. The van der Waals surface area contributed by atoms with Crippen molar-refractivity contribution in [3.05, 3.63) is 0 Å². The maximum atomic E-state index is 5.74. The first-order valence-electron chi connectivity index (χ1n) is 9.66. The number of methoxy groups -OCH3 is 1. The topological polar surface area (TPSA) is 73.8 Å². The summed E-state index contributed by atoms with van der Waals surface area (Å²) in [5.41, 5.74) is 0. The van der Waals surface area contributed by atoms with Gasteiger partial charge in [-0.25, -0.2) is 0 Å². The maximum absolute atomic E-state index is 5.74. The molecule has 0 rings (SSSR count). The van der Waals surface area contributed by atoms with Gasteiger partial charge in [0.2, 0.25) is 0 Å². The average Bonchev–Trinajstić information content (AvgIpc) is 2.67. The monoisotopic (exact) mass is 500 g/mol. The first-order valence-corrected chi connectivity index (χ1v) is 14.9. The summed E-state index contributed by atoms with van der Waals surface area (Å²) in [5.74, 6) is 0. The van der Waals surface area contributed by atoms with E-state index in [0.29, 0.717) is 105 Å². The summed E-state index contributed by atoms with van der Waals surface area (Å²) in [6.07, 6.45) is 0. The lowest BCUT2D eigenvalue weighted by molar-refractivity contribution is -0.0218. The molecule has 0 bridgehead atoms. The smallest absolute Gasteiger partial charge is 0.343 e. The van der Waals surface area contributed by atoms with E-state index in [-0.39, 0.29) is 0 Å². The van der Waals surface area contributed by atoms with Gasteiger partial charge in [-0.3, -0.25) is 0 Å². The average molecular weight is 502 g/mol. The molecule has 0 aromatic rings. The van der Waals surface area contributed by atoms with Gasteiger partial charge in [0.1, 0.15) is 0 Å². The molecule has 0 aromatic heterocycles. The Bertz CT molecular complexity index is 328. The van der Waals surface area contributed by atoms with Crippen molar-refractivity contribution in [2.45, 2.75) is 6.04 Å². The maximum Gasteiger partial charge on any atom is 0.343 e. The predicted octanol–water partition coefficient (Wildman–Crippen LogP) is 2.40. The second-order valence-electron chi connectivity index (χ2n) is 5.64. The van der Waals surface area contributed by atoms with E-state index in [1.54, 1.807) is 7.11 Å². The Morgan fingerprint density at radius 1 is 0.414 bits per heavy atom. The molecule has 0 heterocycles. The van der Waals surface area contributed by atoms with Gasteiger partial charge in [0.15, 0.2) is 0 Å². The van der Waals surface area contributed by atoms with Crippen LogP contribution in [0, 0.1) is 0 Å². The Labute approximate surface area is 189 Å². The van der Waals surface area contributed by atoms with Gasteiger partial charge < -0.3 is 37.9 Å². The Hall–Kier alpha value is 0.767. The van der Waals surface area contributed by atoms with Gasteiger partial charge in [0, 0.05) is 19.8 Å². The minimum Gasteiger partial charge on any atom is -0.382 e. The quantitative estimate of drug-likeness (QED) is 0.113. The fraction of sp³-hybridized carbons (Fsp3) is 1.00. The van der Waals surface area contributed by atoms with Crippen LogP contribution in [0.1, 0.15) is 0 Å². The highest BCUT2D eigenvalue weighted by Gasteiger charge is 2.23. The lowest BCUT2D eigenvalue weighted by atomic mass is 10.6. The van der Waals surface area contributed by atoms with Crippen LogP contribution in [0.2, 0.25) is 6.04 Å². The molecule has 0 unspecified atom stereocenters. The molecule has 0 saturated heterocycles. The Kier molecular flexibility index (Phi) is 24.1. The Morgan fingerprint density at radius 3 is 0.897 bits per heavy atom. The molecule has 0 N–H and O–H groups in total. The molecule has 176 valence electrons. The van der Waals surface area contributed by atoms with Crippen LogP contribution in [0.15, 0.2) is 0 Å². The van der Waals surface area contributed by atoms with E-state index in [1.807, 2.05) is 0 Å². The molecule has 0 aliphatic carbocycles. The van der Waals surface area contributed by atoms with Gasteiger partial charge in [0.25, 0.3) is 0 Å². The standard InChI is InChI=1S/C17H35Cl3O8Si/c1-21-2-3-22-4-5-23-6-7-24-8-9-25-10-11-26-12-13-27-14-15-28-16-17-29(18,19)20/h2-17H2,1H3. The normalized spacial score (nSPS) is 12.0. The van der Waals surface area contributed by atoms with Crippen LogP contribution >= 0.6 is 33.2 Å². The van der Waals surface area contributed by atoms with Crippen molar-refractivity contribution in [2.75, 3.05) is 106 Å². The molecule has 0 atom stereocenters. The predicted molar refractivity (Wildman–Crippen MR) is 116 cm³/mol. The lowest BCUT2D eigenvalue weighted by Gasteiger charge is -2.09. The summed E-state index contributed by atoms with van der Waals surface area (Å²) in [6, 6.07) is -2.09. The first-order chi connectivity index (χ1) is 14.1. The molecule has 0 aliphatic rings. The molecular weight excluding hydrogens is 467 g/mol. The Balaban J connectivity index is 3.02. The van der Waals surface area contributed by atoms with E-state index in [9.17, 15) is 0 Å². The van der Waals surface area contributed by atoms with Crippen LogP contribution in [0.5, 0.6) is 0 Å². The molecule has 0 spiro atoms. The van der Waals surface area contributed by atoms with Crippen LogP contribution < -0.4 is 0 Å².